The lowest BCUT2D eigenvalue weighted by Crippen LogP contribution is -2.48. The highest BCUT2D eigenvalue weighted by molar-refractivity contribution is 5.78. The molecule has 0 unspecified atom stereocenters. The molecule has 0 saturated heterocycles. The number of carbonyl (C=O) groups excluding carboxylic acids is 1. The van der Waals surface area contributed by atoms with Gasteiger partial charge in [-0.05, 0) is 124 Å². The lowest BCUT2D eigenvalue weighted by atomic mass is 9.50. The van der Waals surface area contributed by atoms with E-state index in [2.05, 4.69) is 6.07 Å². The molecule has 1 aromatic rings. The summed E-state index contributed by atoms with van der Waals surface area (Å²) >= 11 is 0. The Morgan fingerprint density at radius 1 is 1.03 bits per heavy atom. The van der Waals surface area contributed by atoms with Crippen LogP contribution in [0.3, 0.4) is 0 Å². The summed E-state index contributed by atoms with van der Waals surface area (Å²) < 4.78 is 21.7. The molecule has 2 atom stereocenters. The molecule has 6 aliphatic rings. The first-order chi connectivity index (χ1) is 15.0. The van der Waals surface area contributed by atoms with Crippen LogP contribution >= 0.6 is 0 Å². The average molecular weight is 425 g/mol. The van der Waals surface area contributed by atoms with E-state index in [-0.39, 0.29) is 17.5 Å². The summed E-state index contributed by atoms with van der Waals surface area (Å²) in [4.78, 5) is 12.0. The Bertz CT molecular complexity index is 835. The standard InChI is InChI=1S/C28H37FO2/c1-17(30)24-4-2-3-22(24)10-23-11-25(21-5-6-21)27(12-26(23)29)31-16-28-13-18-7-19(14-28)9-20(8-18)15-28/h11-12,18-22,24H,2-10,13-16H2,1H3/t18?,19?,20?,22-,24-,28?/m0/s1. The van der Waals surface area contributed by atoms with Gasteiger partial charge in [0.25, 0.3) is 0 Å². The number of Topliss-reactive ketones (excluding diaryl/α,β-unsaturated/α-hetero) is 1. The van der Waals surface area contributed by atoms with E-state index in [0.717, 1.165) is 54.9 Å². The third-order valence-corrected chi connectivity index (χ3v) is 9.56. The van der Waals surface area contributed by atoms with Gasteiger partial charge in [0.1, 0.15) is 17.3 Å². The van der Waals surface area contributed by atoms with Crippen molar-refractivity contribution in [1.29, 1.82) is 0 Å². The second-order valence-electron chi connectivity index (χ2n) is 12.1. The molecule has 0 N–H and O–H groups in total. The summed E-state index contributed by atoms with van der Waals surface area (Å²) in [5.41, 5.74) is 2.39. The Hall–Kier alpha value is -1.38. The molecule has 6 saturated carbocycles. The minimum atomic E-state index is -0.126. The molecule has 168 valence electrons. The van der Waals surface area contributed by atoms with Crippen molar-refractivity contribution in [1.82, 2.24) is 0 Å². The van der Waals surface area contributed by atoms with Crippen LogP contribution in [0.2, 0.25) is 0 Å². The lowest BCUT2D eigenvalue weighted by Gasteiger charge is -2.56. The summed E-state index contributed by atoms with van der Waals surface area (Å²) in [5.74, 6) is 4.67. The van der Waals surface area contributed by atoms with Crippen LogP contribution in [0, 0.1) is 40.8 Å². The van der Waals surface area contributed by atoms with Crippen molar-refractivity contribution in [2.45, 2.75) is 89.9 Å². The van der Waals surface area contributed by atoms with E-state index in [1.54, 1.807) is 13.0 Å². The fourth-order valence-corrected chi connectivity index (χ4v) is 8.41. The van der Waals surface area contributed by atoms with E-state index in [1.807, 2.05) is 0 Å². The van der Waals surface area contributed by atoms with Crippen molar-refractivity contribution in [3.05, 3.63) is 29.1 Å². The Labute approximate surface area is 186 Å². The summed E-state index contributed by atoms with van der Waals surface area (Å²) in [6.07, 6.45) is 14.5. The van der Waals surface area contributed by atoms with Gasteiger partial charge in [0.05, 0.1) is 6.61 Å². The van der Waals surface area contributed by atoms with Gasteiger partial charge in [-0.1, -0.05) is 6.42 Å². The van der Waals surface area contributed by atoms with Gasteiger partial charge in [0.15, 0.2) is 0 Å². The van der Waals surface area contributed by atoms with E-state index in [0.29, 0.717) is 23.7 Å². The summed E-state index contributed by atoms with van der Waals surface area (Å²) in [6, 6.07) is 3.80. The van der Waals surface area contributed by atoms with E-state index in [4.69, 9.17) is 4.74 Å². The van der Waals surface area contributed by atoms with Crippen molar-refractivity contribution >= 4 is 5.78 Å². The highest BCUT2D eigenvalue weighted by Gasteiger charge is 2.51. The molecule has 1 aromatic carbocycles. The first-order valence-electron chi connectivity index (χ1n) is 12.9. The first kappa shape index (κ1) is 20.2. The van der Waals surface area contributed by atoms with Crippen LogP contribution in [0.25, 0.3) is 0 Å². The molecule has 31 heavy (non-hydrogen) atoms. The van der Waals surface area contributed by atoms with E-state index < -0.39 is 0 Å². The molecular formula is C28H37FO2. The predicted octanol–water partition coefficient (Wildman–Crippen LogP) is 6.85. The maximum absolute atomic E-state index is 15.2. The third kappa shape index (κ3) is 3.85. The van der Waals surface area contributed by atoms with Crippen molar-refractivity contribution in [2.75, 3.05) is 6.61 Å². The van der Waals surface area contributed by atoms with Gasteiger partial charge < -0.3 is 4.74 Å². The normalized spacial score (nSPS) is 38.6. The molecule has 4 bridgehead atoms. The molecule has 3 heteroatoms. The summed E-state index contributed by atoms with van der Waals surface area (Å²) in [7, 11) is 0. The second kappa shape index (κ2) is 7.59. The van der Waals surface area contributed by atoms with Crippen LogP contribution in [0.5, 0.6) is 5.75 Å². The molecule has 0 amide bonds. The lowest BCUT2D eigenvalue weighted by molar-refractivity contribution is -0.121. The van der Waals surface area contributed by atoms with Crippen LogP contribution in [0.1, 0.15) is 94.6 Å². The zero-order valence-electron chi connectivity index (χ0n) is 19.0. The van der Waals surface area contributed by atoms with Gasteiger partial charge in [-0.25, -0.2) is 4.39 Å². The minimum absolute atomic E-state index is 0.121. The fraction of sp³-hybridized carbons (Fsp3) is 0.750. The average Bonchev–Trinajstić information content (AvgIpc) is 3.45. The molecule has 0 aliphatic heterocycles. The number of halogens is 1. The van der Waals surface area contributed by atoms with Gasteiger partial charge >= 0.3 is 0 Å². The van der Waals surface area contributed by atoms with Crippen LogP contribution in [-0.2, 0) is 11.2 Å². The molecule has 7 rings (SSSR count). The van der Waals surface area contributed by atoms with Crippen LogP contribution in [0.4, 0.5) is 4.39 Å². The number of benzene rings is 1. The largest absolute Gasteiger partial charge is 0.493 e. The van der Waals surface area contributed by atoms with Gasteiger partial charge in [-0.2, -0.15) is 0 Å². The molecule has 2 nitrogen and oxygen atoms in total. The Balaban J connectivity index is 1.21. The molecule has 0 spiro atoms. The van der Waals surface area contributed by atoms with Gasteiger partial charge in [0.2, 0.25) is 0 Å². The van der Waals surface area contributed by atoms with Crippen molar-refractivity contribution in [3.63, 3.8) is 0 Å². The summed E-state index contributed by atoms with van der Waals surface area (Å²) in [5, 5.41) is 0. The van der Waals surface area contributed by atoms with Crippen LogP contribution < -0.4 is 4.74 Å². The molecule has 0 heterocycles. The van der Waals surface area contributed by atoms with Gasteiger partial charge in [-0.3, -0.25) is 4.79 Å². The number of ketones is 1. The zero-order valence-corrected chi connectivity index (χ0v) is 19.0. The highest BCUT2D eigenvalue weighted by atomic mass is 19.1. The fourth-order valence-electron chi connectivity index (χ4n) is 8.41. The number of hydrogen-bond donors (Lipinski definition) is 0. The maximum Gasteiger partial charge on any atom is 0.133 e. The number of ether oxygens (including phenoxy) is 1. The van der Waals surface area contributed by atoms with E-state index in [9.17, 15) is 4.79 Å². The number of carbonyl (C=O) groups is 1. The molecular weight excluding hydrogens is 387 g/mol. The SMILES string of the molecule is CC(=O)[C@@H]1CCC[C@H]1Cc1cc(C2CC2)c(OCC23CC4CC(CC(C4)C2)C3)cc1F. The molecule has 6 fully saturated rings. The zero-order chi connectivity index (χ0) is 21.2. The smallest absolute Gasteiger partial charge is 0.133 e. The van der Waals surface area contributed by atoms with Crippen molar-refractivity contribution in [3.8, 4) is 5.75 Å². The highest BCUT2D eigenvalue weighted by Crippen LogP contribution is 2.60. The topological polar surface area (TPSA) is 26.3 Å². The van der Waals surface area contributed by atoms with Crippen LogP contribution in [0.15, 0.2) is 12.1 Å². The number of rotatable bonds is 7. The van der Waals surface area contributed by atoms with Gasteiger partial charge in [-0.15, -0.1) is 0 Å². The first-order valence-corrected chi connectivity index (χ1v) is 12.9. The van der Waals surface area contributed by atoms with E-state index in [1.165, 1.54) is 56.9 Å². The molecule has 0 aromatic heterocycles. The molecule has 6 aliphatic carbocycles. The Kier molecular flexibility index (Phi) is 4.96. The Morgan fingerprint density at radius 3 is 2.32 bits per heavy atom. The monoisotopic (exact) mass is 424 g/mol. The van der Waals surface area contributed by atoms with E-state index >= 15 is 4.39 Å². The number of hydrogen-bond acceptors (Lipinski definition) is 2. The predicted molar refractivity (Wildman–Crippen MR) is 120 cm³/mol. The third-order valence-electron chi connectivity index (χ3n) is 9.56. The van der Waals surface area contributed by atoms with Gasteiger partial charge in [0, 0.05) is 17.4 Å². The quantitative estimate of drug-likeness (QED) is 0.479. The van der Waals surface area contributed by atoms with Crippen LogP contribution in [-0.4, -0.2) is 12.4 Å². The molecule has 0 radical (unpaired) electrons. The minimum Gasteiger partial charge on any atom is -0.493 e. The summed E-state index contributed by atoms with van der Waals surface area (Å²) in [6.45, 7) is 2.49. The Morgan fingerprint density at radius 2 is 1.71 bits per heavy atom. The van der Waals surface area contributed by atoms with Crippen molar-refractivity contribution in [2.24, 2.45) is 35.0 Å². The maximum atomic E-state index is 15.2. The van der Waals surface area contributed by atoms with Crippen molar-refractivity contribution < 1.29 is 13.9 Å². The second-order valence-corrected chi connectivity index (χ2v) is 12.1.